The topological polar surface area (TPSA) is 76.0 Å². The minimum atomic E-state index is -1.14. The van der Waals surface area contributed by atoms with Gasteiger partial charge in [-0.2, -0.15) is 13.8 Å². The van der Waals surface area contributed by atoms with Crippen molar-refractivity contribution < 1.29 is 18.7 Å². The summed E-state index contributed by atoms with van der Waals surface area (Å²) in [5.74, 6) is -3.03. The Morgan fingerprint density at radius 1 is 0.690 bits per heavy atom. The predicted molar refractivity (Wildman–Crippen MR) is 161 cm³/mol. The number of aromatic carboxylic acids is 1. The molecule has 0 saturated carbocycles. The first-order valence-electron chi connectivity index (χ1n) is 13.6. The van der Waals surface area contributed by atoms with E-state index in [2.05, 4.69) is 9.97 Å². The molecule has 0 atom stereocenters. The van der Waals surface area contributed by atoms with Crippen LogP contribution in [0.1, 0.15) is 58.0 Å². The third-order valence-electron chi connectivity index (χ3n) is 7.78. The summed E-state index contributed by atoms with van der Waals surface area (Å²) in [7, 11) is 0. The number of aromatic nitrogens is 3. The van der Waals surface area contributed by atoms with Gasteiger partial charge in [0.15, 0.2) is 0 Å². The zero-order valence-corrected chi connectivity index (χ0v) is 24.4. The Hall–Kier alpha value is -4.78. The number of pyridine rings is 3. The largest absolute Gasteiger partial charge is 0.477 e. The molecule has 0 aliphatic carbocycles. The molecular formula is C35H31F2N3O2. The van der Waals surface area contributed by atoms with Crippen LogP contribution in [0.2, 0.25) is 0 Å². The Labute approximate surface area is 244 Å². The Balaban J connectivity index is 1.79. The maximum Gasteiger partial charge on any atom is 0.354 e. The predicted octanol–water partition coefficient (Wildman–Crippen LogP) is 8.41. The van der Waals surface area contributed by atoms with E-state index in [1.165, 1.54) is 6.07 Å². The van der Waals surface area contributed by atoms with E-state index in [9.17, 15) is 18.7 Å². The van der Waals surface area contributed by atoms with Gasteiger partial charge in [0.2, 0.25) is 11.9 Å². The molecule has 42 heavy (non-hydrogen) atoms. The number of nitrogens with zero attached hydrogens (tertiary/aromatic N) is 3. The van der Waals surface area contributed by atoms with Crippen LogP contribution in [-0.2, 0) is 5.41 Å². The van der Waals surface area contributed by atoms with Crippen LogP contribution < -0.4 is 0 Å². The minimum Gasteiger partial charge on any atom is -0.477 e. The highest BCUT2D eigenvalue weighted by Gasteiger charge is 2.30. The summed E-state index contributed by atoms with van der Waals surface area (Å²) in [4.78, 5) is 25.0. The number of carbonyl (C=O) groups is 1. The second-order valence-electron chi connectivity index (χ2n) is 11.2. The Morgan fingerprint density at radius 2 is 1.19 bits per heavy atom. The number of rotatable bonds is 6. The summed E-state index contributed by atoms with van der Waals surface area (Å²) < 4.78 is 28.7. The van der Waals surface area contributed by atoms with Gasteiger partial charge in [0.05, 0.1) is 22.6 Å². The van der Waals surface area contributed by atoms with Crippen LogP contribution in [0.4, 0.5) is 8.78 Å². The Morgan fingerprint density at radius 3 is 1.69 bits per heavy atom. The molecule has 2 aromatic carbocycles. The van der Waals surface area contributed by atoms with E-state index < -0.39 is 23.3 Å². The fourth-order valence-corrected chi connectivity index (χ4v) is 5.51. The lowest BCUT2D eigenvalue weighted by atomic mass is 9.81. The van der Waals surface area contributed by atoms with Crippen molar-refractivity contribution in [2.75, 3.05) is 0 Å². The first-order chi connectivity index (χ1) is 19.9. The summed E-state index contributed by atoms with van der Waals surface area (Å²) >= 11 is 0. The number of hydrogen-bond acceptors (Lipinski definition) is 4. The smallest absolute Gasteiger partial charge is 0.354 e. The van der Waals surface area contributed by atoms with Gasteiger partial charge in [-0.05, 0) is 122 Å². The number of hydrogen-bond donors (Lipinski definition) is 1. The van der Waals surface area contributed by atoms with Gasteiger partial charge >= 0.3 is 5.97 Å². The first-order valence-corrected chi connectivity index (χ1v) is 13.6. The molecule has 212 valence electrons. The molecular weight excluding hydrogens is 532 g/mol. The molecule has 1 N–H and O–H groups in total. The monoisotopic (exact) mass is 563 g/mol. The molecule has 3 aromatic heterocycles. The third kappa shape index (κ3) is 5.30. The lowest BCUT2D eigenvalue weighted by Gasteiger charge is -2.27. The molecule has 0 spiro atoms. The maximum atomic E-state index is 15.0. The van der Waals surface area contributed by atoms with Gasteiger partial charge in [0.25, 0.3) is 0 Å². The molecule has 3 heterocycles. The van der Waals surface area contributed by atoms with Gasteiger partial charge < -0.3 is 5.11 Å². The summed E-state index contributed by atoms with van der Waals surface area (Å²) in [6.07, 6.45) is 0. The molecule has 5 nitrogen and oxygen atoms in total. The SMILES string of the molecule is Cc1cccc(C)c1-c1cc(C(=O)O)nc(C(C)(C)c2cc(-c3c(C)cccc3C)cc(-c3ccc(F)nc3F)n2)c1. The van der Waals surface area contributed by atoms with Gasteiger partial charge in [0.1, 0.15) is 5.69 Å². The molecule has 0 radical (unpaired) electrons. The van der Waals surface area contributed by atoms with Gasteiger partial charge in [-0.3, -0.25) is 4.98 Å². The molecule has 0 aliphatic rings. The highest BCUT2D eigenvalue weighted by molar-refractivity contribution is 5.88. The average Bonchev–Trinajstić information content (AvgIpc) is 2.92. The summed E-state index contributed by atoms with van der Waals surface area (Å²) in [5.41, 5.74) is 7.91. The van der Waals surface area contributed by atoms with Crippen molar-refractivity contribution in [1.29, 1.82) is 0 Å². The Kier molecular flexibility index (Phi) is 7.45. The molecule has 0 bridgehead atoms. The van der Waals surface area contributed by atoms with Gasteiger partial charge in [-0.1, -0.05) is 36.4 Å². The van der Waals surface area contributed by atoms with Crippen LogP contribution in [0.5, 0.6) is 0 Å². The van der Waals surface area contributed by atoms with Crippen molar-refractivity contribution in [1.82, 2.24) is 15.0 Å². The number of carboxylic acids is 1. The lowest BCUT2D eigenvalue weighted by molar-refractivity contribution is 0.0690. The second-order valence-corrected chi connectivity index (χ2v) is 11.2. The lowest BCUT2D eigenvalue weighted by Crippen LogP contribution is -2.24. The van der Waals surface area contributed by atoms with Crippen molar-refractivity contribution in [2.45, 2.75) is 47.0 Å². The van der Waals surface area contributed by atoms with E-state index >= 15 is 0 Å². The summed E-state index contributed by atoms with van der Waals surface area (Å²) in [6.45, 7) is 11.8. The summed E-state index contributed by atoms with van der Waals surface area (Å²) in [6, 6.07) is 21.5. The molecule has 0 unspecified atom stereocenters. The van der Waals surface area contributed by atoms with Gasteiger partial charge in [-0.15, -0.1) is 0 Å². The van der Waals surface area contributed by atoms with Crippen LogP contribution in [0, 0.1) is 39.6 Å². The third-order valence-corrected chi connectivity index (χ3v) is 7.78. The first kappa shape index (κ1) is 28.7. The zero-order chi connectivity index (χ0) is 30.3. The van der Waals surface area contributed by atoms with Crippen LogP contribution in [0.15, 0.2) is 72.8 Å². The fraction of sp³-hybridized carbons (Fsp3) is 0.200. The van der Waals surface area contributed by atoms with Crippen molar-refractivity contribution in [3.63, 3.8) is 0 Å². The normalized spacial score (nSPS) is 11.5. The van der Waals surface area contributed by atoms with Crippen LogP contribution in [0.3, 0.4) is 0 Å². The Bertz CT molecular complexity index is 1820. The van der Waals surface area contributed by atoms with E-state index in [0.29, 0.717) is 11.4 Å². The molecule has 0 saturated heterocycles. The number of halogens is 2. The maximum absolute atomic E-state index is 15.0. The van der Waals surface area contributed by atoms with E-state index in [1.54, 1.807) is 12.1 Å². The standard InChI is InChI=1S/C35H31F2N3O2/c1-19-9-7-10-20(2)31(19)23-15-26(25-13-14-30(36)40-33(25)37)38-28(17-23)35(5,6)29-18-24(16-27(39-29)34(41)42)32-21(3)11-8-12-22(32)4/h7-18H,1-6H3,(H,41,42). The van der Waals surface area contributed by atoms with Crippen LogP contribution >= 0.6 is 0 Å². The van der Waals surface area contributed by atoms with E-state index in [1.807, 2.05) is 90.1 Å². The number of aryl methyl sites for hydroxylation is 4. The molecule has 0 amide bonds. The van der Waals surface area contributed by atoms with Crippen LogP contribution in [-0.4, -0.2) is 26.0 Å². The molecule has 5 rings (SSSR count). The highest BCUT2D eigenvalue weighted by Crippen LogP contribution is 2.38. The molecule has 5 aromatic rings. The van der Waals surface area contributed by atoms with E-state index in [4.69, 9.17) is 4.98 Å². The van der Waals surface area contributed by atoms with Crippen molar-refractivity contribution in [2.24, 2.45) is 0 Å². The molecule has 7 heteroatoms. The van der Waals surface area contributed by atoms with Crippen molar-refractivity contribution >= 4 is 5.97 Å². The molecule has 0 fully saturated rings. The summed E-state index contributed by atoms with van der Waals surface area (Å²) in [5, 5.41) is 10.00. The van der Waals surface area contributed by atoms with E-state index in [0.717, 1.165) is 50.6 Å². The van der Waals surface area contributed by atoms with Crippen LogP contribution in [0.25, 0.3) is 33.5 Å². The van der Waals surface area contributed by atoms with E-state index in [-0.39, 0.29) is 17.0 Å². The van der Waals surface area contributed by atoms with Gasteiger partial charge in [0, 0.05) is 5.41 Å². The fourth-order valence-electron chi connectivity index (χ4n) is 5.51. The van der Waals surface area contributed by atoms with Crippen molar-refractivity contribution in [3.05, 3.63) is 124 Å². The highest BCUT2D eigenvalue weighted by atomic mass is 19.1. The van der Waals surface area contributed by atoms with Crippen molar-refractivity contribution in [3.8, 4) is 33.5 Å². The average molecular weight is 564 g/mol. The zero-order valence-electron chi connectivity index (χ0n) is 24.4. The number of carboxylic acid groups (broad SMARTS) is 1. The molecule has 0 aliphatic heterocycles. The number of benzene rings is 2. The van der Waals surface area contributed by atoms with Gasteiger partial charge in [-0.25, -0.2) is 9.78 Å². The minimum absolute atomic E-state index is 0.0602. The quantitative estimate of drug-likeness (QED) is 0.210. The second kappa shape index (κ2) is 10.9.